The fourth-order valence-corrected chi connectivity index (χ4v) is 5.43. The topological polar surface area (TPSA) is 15.7 Å². The van der Waals surface area contributed by atoms with Crippen molar-refractivity contribution in [2.24, 2.45) is 0 Å². The van der Waals surface area contributed by atoms with Gasteiger partial charge < -0.3 is 9.64 Å². The third-order valence-corrected chi connectivity index (χ3v) is 7.01. The zero-order valence-corrected chi connectivity index (χ0v) is 16.5. The molecular formula is C23H27ClN2O. The van der Waals surface area contributed by atoms with Crippen LogP contribution in [0.3, 0.4) is 0 Å². The smallest absolute Gasteiger partial charge is 0.0940 e. The van der Waals surface area contributed by atoms with E-state index in [4.69, 9.17) is 16.3 Å². The molecule has 1 saturated heterocycles. The lowest BCUT2D eigenvalue weighted by molar-refractivity contribution is -0.0777. The first-order valence-corrected chi connectivity index (χ1v) is 10.6. The highest BCUT2D eigenvalue weighted by Crippen LogP contribution is 2.47. The van der Waals surface area contributed by atoms with Crippen LogP contribution in [0.15, 0.2) is 48.5 Å². The van der Waals surface area contributed by atoms with Crippen LogP contribution in [0.4, 0.5) is 5.69 Å². The van der Waals surface area contributed by atoms with Crippen molar-refractivity contribution in [3.8, 4) is 0 Å². The molecule has 0 radical (unpaired) electrons. The number of hydrogen-bond donors (Lipinski definition) is 0. The van der Waals surface area contributed by atoms with Crippen LogP contribution in [0.1, 0.15) is 36.8 Å². The van der Waals surface area contributed by atoms with Crippen LogP contribution in [0.2, 0.25) is 5.02 Å². The van der Waals surface area contributed by atoms with E-state index in [2.05, 4.69) is 46.2 Å². The van der Waals surface area contributed by atoms with Gasteiger partial charge in [0.25, 0.3) is 0 Å². The van der Waals surface area contributed by atoms with Crippen molar-refractivity contribution in [2.75, 3.05) is 31.1 Å². The van der Waals surface area contributed by atoms with Gasteiger partial charge in [-0.25, -0.2) is 0 Å². The Bertz CT molecular complexity index is 808. The minimum absolute atomic E-state index is 0.00426. The number of ether oxygens (including phenoxy) is 1. The number of rotatable bonds is 2. The minimum atomic E-state index is -0.00426. The SMILES string of the molecule is Clc1cccc(N2CCN(C3CCC4(CC3)OCc3ccccc34)CC2)c1. The van der Waals surface area contributed by atoms with E-state index >= 15 is 0 Å². The van der Waals surface area contributed by atoms with Crippen LogP contribution < -0.4 is 4.90 Å². The van der Waals surface area contributed by atoms with Gasteiger partial charge in [0.05, 0.1) is 12.2 Å². The lowest BCUT2D eigenvalue weighted by Crippen LogP contribution is -2.52. The summed E-state index contributed by atoms with van der Waals surface area (Å²) in [4.78, 5) is 5.16. The van der Waals surface area contributed by atoms with Crippen LogP contribution in [-0.2, 0) is 16.9 Å². The third kappa shape index (κ3) is 3.26. The van der Waals surface area contributed by atoms with E-state index < -0.39 is 0 Å². The maximum atomic E-state index is 6.33. The van der Waals surface area contributed by atoms with Gasteiger partial charge in [0.2, 0.25) is 0 Å². The van der Waals surface area contributed by atoms with E-state index in [1.54, 1.807) is 0 Å². The molecule has 1 spiro atoms. The van der Waals surface area contributed by atoms with E-state index in [0.29, 0.717) is 6.04 Å². The maximum absolute atomic E-state index is 6.33. The van der Waals surface area contributed by atoms with Crippen LogP contribution >= 0.6 is 11.6 Å². The molecule has 0 aromatic heterocycles. The fourth-order valence-electron chi connectivity index (χ4n) is 5.25. The molecule has 2 fully saturated rings. The summed E-state index contributed by atoms with van der Waals surface area (Å²) in [6.45, 7) is 5.24. The summed E-state index contributed by atoms with van der Waals surface area (Å²) in [6.07, 6.45) is 4.80. The minimum Gasteiger partial charge on any atom is -0.369 e. The third-order valence-electron chi connectivity index (χ3n) is 6.78. The second kappa shape index (κ2) is 7.12. The van der Waals surface area contributed by atoms with Crippen molar-refractivity contribution in [1.82, 2.24) is 4.90 Å². The van der Waals surface area contributed by atoms with Gasteiger partial charge in [-0.15, -0.1) is 0 Å². The molecule has 0 unspecified atom stereocenters. The molecule has 0 amide bonds. The average Bonchev–Trinajstić information content (AvgIpc) is 3.07. The number of piperazine rings is 1. The summed E-state index contributed by atoms with van der Waals surface area (Å²) in [5.41, 5.74) is 4.09. The normalized spacial score (nSPS) is 28.5. The Morgan fingerprint density at radius 1 is 0.926 bits per heavy atom. The molecule has 0 atom stereocenters. The van der Waals surface area contributed by atoms with Crippen LogP contribution in [0.25, 0.3) is 0 Å². The average molecular weight is 383 g/mol. The van der Waals surface area contributed by atoms with E-state index in [1.807, 2.05) is 12.1 Å². The van der Waals surface area contributed by atoms with Gasteiger partial charge in [0.15, 0.2) is 0 Å². The predicted octanol–water partition coefficient (Wildman–Crippen LogP) is 4.83. The highest BCUT2D eigenvalue weighted by atomic mass is 35.5. The molecule has 1 saturated carbocycles. The maximum Gasteiger partial charge on any atom is 0.0940 e. The van der Waals surface area contributed by atoms with Gasteiger partial charge in [-0.05, 0) is 55.0 Å². The number of benzene rings is 2. The summed E-state index contributed by atoms with van der Waals surface area (Å²) < 4.78 is 6.33. The van der Waals surface area contributed by atoms with E-state index in [9.17, 15) is 0 Å². The number of nitrogens with zero attached hydrogens (tertiary/aromatic N) is 2. The van der Waals surface area contributed by atoms with Gasteiger partial charge in [0, 0.05) is 42.9 Å². The van der Waals surface area contributed by atoms with E-state index in [1.165, 1.54) is 29.7 Å². The monoisotopic (exact) mass is 382 g/mol. The summed E-state index contributed by atoms with van der Waals surface area (Å²) >= 11 is 6.16. The Balaban J connectivity index is 1.20. The molecule has 5 rings (SSSR count). The molecule has 2 aromatic carbocycles. The molecule has 4 heteroatoms. The first kappa shape index (κ1) is 17.5. The van der Waals surface area contributed by atoms with Gasteiger partial charge in [-0.3, -0.25) is 4.90 Å². The standard InChI is InChI=1S/C23H27ClN2O/c24-19-5-3-6-21(16-19)26-14-12-25(13-15-26)20-8-10-23(11-9-20)22-7-2-1-4-18(22)17-27-23/h1-7,16,20H,8-15,17H2. The molecule has 2 aromatic rings. The summed E-state index contributed by atoms with van der Waals surface area (Å²) in [7, 11) is 0. The van der Waals surface area contributed by atoms with Crippen LogP contribution in [0.5, 0.6) is 0 Å². The highest BCUT2D eigenvalue weighted by Gasteiger charge is 2.43. The van der Waals surface area contributed by atoms with Crippen molar-refractivity contribution < 1.29 is 4.74 Å². The van der Waals surface area contributed by atoms with Crippen molar-refractivity contribution in [3.05, 3.63) is 64.7 Å². The van der Waals surface area contributed by atoms with Crippen LogP contribution in [0, 0.1) is 0 Å². The van der Waals surface area contributed by atoms with Crippen molar-refractivity contribution in [1.29, 1.82) is 0 Å². The Morgan fingerprint density at radius 2 is 1.70 bits per heavy atom. The molecule has 27 heavy (non-hydrogen) atoms. The molecule has 0 N–H and O–H groups in total. The van der Waals surface area contributed by atoms with Gasteiger partial charge in [0.1, 0.15) is 0 Å². The lowest BCUT2D eigenvalue weighted by Gasteiger charge is -2.45. The number of hydrogen-bond acceptors (Lipinski definition) is 3. The molecule has 1 aliphatic carbocycles. The second-order valence-electron chi connectivity index (χ2n) is 8.17. The molecule has 2 aliphatic heterocycles. The highest BCUT2D eigenvalue weighted by molar-refractivity contribution is 6.30. The molecule has 0 bridgehead atoms. The number of anilines is 1. The largest absolute Gasteiger partial charge is 0.369 e. The van der Waals surface area contributed by atoms with Crippen molar-refractivity contribution in [2.45, 2.75) is 43.9 Å². The van der Waals surface area contributed by atoms with E-state index in [0.717, 1.165) is 50.7 Å². The van der Waals surface area contributed by atoms with Crippen molar-refractivity contribution in [3.63, 3.8) is 0 Å². The Hall–Kier alpha value is -1.55. The molecular weight excluding hydrogens is 356 g/mol. The molecule has 2 heterocycles. The Kier molecular flexibility index (Phi) is 4.63. The second-order valence-corrected chi connectivity index (χ2v) is 8.61. The molecule has 142 valence electrons. The summed E-state index contributed by atoms with van der Waals surface area (Å²) in [5.74, 6) is 0. The van der Waals surface area contributed by atoms with Gasteiger partial charge >= 0.3 is 0 Å². The van der Waals surface area contributed by atoms with Crippen LogP contribution in [-0.4, -0.2) is 37.1 Å². The quantitative estimate of drug-likeness (QED) is 0.739. The summed E-state index contributed by atoms with van der Waals surface area (Å²) in [5, 5.41) is 0.823. The first-order valence-electron chi connectivity index (χ1n) is 10.2. The zero-order chi connectivity index (χ0) is 18.3. The molecule has 3 nitrogen and oxygen atoms in total. The van der Waals surface area contributed by atoms with Gasteiger partial charge in [-0.1, -0.05) is 41.9 Å². The lowest BCUT2D eigenvalue weighted by atomic mass is 9.77. The zero-order valence-electron chi connectivity index (χ0n) is 15.7. The Morgan fingerprint density at radius 3 is 2.48 bits per heavy atom. The number of fused-ring (bicyclic) bond motifs is 2. The summed E-state index contributed by atoms with van der Waals surface area (Å²) in [6, 6.07) is 17.7. The fraction of sp³-hybridized carbons (Fsp3) is 0.478. The van der Waals surface area contributed by atoms with E-state index in [-0.39, 0.29) is 5.60 Å². The first-order chi connectivity index (χ1) is 13.2. The molecule has 3 aliphatic rings. The predicted molar refractivity (Wildman–Crippen MR) is 110 cm³/mol. The van der Waals surface area contributed by atoms with Gasteiger partial charge in [-0.2, -0.15) is 0 Å². The number of halogens is 1. The Labute approximate surface area is 166 Å². The van der Waals surface area contributed by atoms with Crippen molar-refractivity contribution >= 4 is 17.3 Å².